The number of alkyl carbamates (subject to hydrolysis) is 1. The van der Waals surface area contributed by atoms with E-state index in [0.717, 1.165) is 37.7 Å². The zero-order chi connectivity index (χ0) is 28.7. The smallest absolute Gasteiger partial charge is 0.408 e. The first-order chi connectivity index (χ1) is 17.9. The van der Waals surface area contributed by atoms with Crippen LogP contribution in [0, 0.1) is 6.92 Å². The van der Waals surface area contributed by atoms with Crippen molar-refractivity contribution in [1.29, 1.82) is 0 Å². The van der Waals surface area contributed by atoms with E-state index in [4.69, 9.17) is 4.74 Å². The number of unbranched alkanes of at least 4 members (excludes halogenated alkanes) is 5. The van der Waals surface area contributed by atoms with Crippen molar-refractivity contribution in [1.82, 2.24) is 15.5 Å². The van der Waals surface area contributed by atoms with Gasteiger partial charge in [0.2, 0.25) is 11.8 Å². The van der Waals surface area contributed by atoms with E-state index in [-0.39, 0.29) is 13.1 Å². The fourth-order valence-electron chi connectivity index (χ4n) is 3.91. The highest BCUT2D eigenvalue weighted by Gasteiger charge is 2.36. The van der Waals surface area contributed by atoms with Crippen LogP contribution in [0.2, 0.25) is 0 Å². The first-order valence-corrected chi connectivity index (χ1v) is 13.2. The molecule has 214 valence electrons. The topological polar surface area (TPSA) is 134 Å². The Bertz CT molecular complexity index is 914. The summed E-state index contributed by atoms with van der Waals surface area (Å²) >= 11 is 0. The number of hydrogen-bond donors (Lipinski definition) is 3. The first kappa shape index (κ1) is 32.9. The maximum atomic E-state index is 13.8. The van der Waals surface area contributed by atoms with E-state index >= 15 is 0 Å². The molecular weight excluding hydrogens is 490 g/mol. The minimum absolute atomic E-state index is 0.210. The monoisotopic (exact) mass is 535 g/mol. The van der Waals surface area contributed by atoms with Crippen molar-refractivity contribution in [2.45, 2.75) is 90.8 Å². The lowest BCUT2D eigenvalue weighted by Gasteiger charge is -2.34. The zero-order valence-corrected chi connectivity index (χ0v) is 23.7. The Morgan fingerprint density at radius 2 is 1.71 bits per heavy atom. The molecule has 3 N–H and O–H groups in total. The summed E-state index contributed by atoms with van der Waals surface area (Å²) in [6.07, 6.45) is 4.89. The van der Waals surface area contributed by atoms with Crippen LogP contribution in [-0.2, 0) is 23.9 Å². The summed E-state index contributed by atoms with van der Waals surface area (Å²) in [5.74, 6) is -1.84. The molecule has 0 aliphatic heterocycles. The summed E-state index contributed by atoms with van der Waals surface area (Å²) in [5.41, 5.74) is 0.620. The second-order valence-corrected chi connectivity index (χ2v) is 10.3. The number of aryl methyl sites for hydroxylation is 1. The second-order valence-electron chi connectivity index (χ2n) is 10.3. The number of aliphatic hydroxyl groups excluding tert-OH is 1. The van der Waals surface area contributed by atoms with Gasteiger partial charge in [-0.15, -0.1) is 0 Å². The summed E-state index contributed by atoms with van der Waals surface area (Å²) in [6, 6.07) is 4.74. The number of rotatable bonds is 15. The fraction of sp³-hybridized carbons (Fsp3) is 0.643. The maximum absolute atomic E-state index is 13.8. The summed E-state index contributed by atoms with van der Waals surface area (Å²) in [7, 11) is 1.22. The van der Waals surface area contributed by atoms with Crippen LogP contribution in [0.1, 0.15) is 83.4 Å². The molecule has 10 nitrogen and oxygen atoms in total. The quantitative estimate of drug-likeness (QED) is 0.231. The molecule has 0 heterocycles. The van der Waals surface area contributed by atoms with Crippen molar-refractivity contribution in [3.8, 4) is 0 Å². The summed E-state index contributed by atoms with van der Waals surface area (Å²) in [6.45, 7) is 8.22. The minimum Gasteiger partial charge on any atom is -0.468 e. The SMILES string of the molecule is CCCCCCCCN(C(=O)C(CO)NC(=O)OC(C)(C)C)C(C(=O)NCC(=O)OC)c1cccc(C)c1. The fourth-order valence-corrected chi connectivity index (χ4v) is 3.91. The van der Waals surface area contributed by atoms with E-state index in [9.17, 15) is 24.3 Å². The summed E-state index contributed by atoms with van der Waals surface area (Å²) in [4.78, 5) is 52.7. The van der Waals surface area contributed by atoms with Crippen LogP contribution in [0.25, 0.3) is 0 Å². The molecule has 0 radical (unpaired) electrons. The molecule has 0 saturated carbocycles. The number of ether oxygens (including phenoxy) is 2. The molecule has 10 heteroatoms. The Hall–Kier alpha value is -3.14. The second kappa shape index (κ2) is 16.7. The van der Waals surface area contributed by atoms with Crippen molar-refractivity contribution in [2.75, 3.05) is 26.8 Å². The standard InChI is InChI=1S/C28H45N3O7/c1-7-8-9-10-11-12-16-31(26(35)22(19-32)30-27(36)38-28(3,4)5)24(21-15-13-14-20(2)17-21)25(34)29-18-23(33)37-6/h13-15,17,22,24,32H,7-12,16,18-19H2,1-6H3,(H,29,34)(H,30,36). The number of aliphatic hydroxyl groups is 1. The van der Waals surface area contributed by atoms with E-state index in [0.29, 0.717) is 12.0 Å². The van der Waals surface area contributed by atoms with Gasteiger partial charge in [-0.3, -0.25) is 14.4 Å². The van der Waals surface area contributed by atoms with Gasteiger partial charge in [-0.05, 0) is 39.7 Å². The van der Waals surface area contributed by atoms with Gasteiger partial charge in [-0.1, -0.05) is 68.9 Å². The molecule has 0 spiro atoms. The molecule has 0 saturated heterocycles. The Morgan fingerprint density at radius 3 is 2.29 bits per heavy atom. The number of esters is 1. The summed E-state index contributed by atoms with van der Waals surface area (Å²) in [5, 5.41) is 15.0. The van der Waals surface area contributed by atoms with Gasteiger partial charge in [-0.2, -0.15) is 0 Å². The average molecular weight is 536 g/mol. The van der Waals surface area contributed by atoms with Crippen LogP contribution < -0.4 is 10.6 Å². The third-order valence-electron chi connectivity index (χ3n) is 5.76. The molecular formula is C28H45N3O7. The largest absolute Gasteiger partial charge is 0.468 e. The number of benzene rings is 1. The average Bonchev–Trinajstić information content (AvgIpc) is 2.85. The molecule has 38 heavy (non-hydrogen) atoms. The number of amides is 3. The van der Waals surface area contributed by atoms with Gasteiger partial charge >= 0.3 is 12.1 Å². The van der Waals surface area contributed by atoms with Crippen LogP contribution in [0.4, 0.5) is 4.79 Å². The predicted octanol–water partition coefficient (Wildman–Crippen LogP) is 3.40. The molecule has 3 amide bonds. The van der Waals surface area contributed by atoms with Gasteiger partial charge in [0, 0.05) is 6.54 Å². The van der Waals surface area contributed by atoms with Gasteiger partial charge in [0.05, 0.1) is 13.7 Å². The Morgan fingerprint density at radius 1 is 1.05 bits per heavy atom. The molecule has 1 aromatic carbocycles. The number of hydrogen-bond acceptors (Lipinski definition) is 7. The molecule has 2 unspecified atom stereocenters. The van der Waals surface area contributed by atoms with Crippen molar-refractivity contribution in [3.63, 3.8) is 0 Å². The van der Waals surface area contributed by atoms with Gasteiger partial charge in [-0.25, -0.2) is 4.79 Å². The van der Waals surface area contributed by atoms with E-state index in [2.05, 4.69) is 22.3 Å². The number of methoxy groups -OCH3 is 1. The number of carbonyl (C=O) groups excluding carboxylic acids is 4. The van der Waals surface area contributed by atoms with Crippen LogP contribution in [0.15, 0.2) is 24.3 Å². The van der Waals surface area contributed by atoms with Gasteiger partial charge in [0.15, 0.2) is 0 Å². The molecule has 0 bridgehead atoms. The third kappa shape index (κ3) is 11.9. The van der Waals surface area contributed by atoms with Gasteiger partial charge in [0.1, 0.15) is 24.2 Å². The minimum atomic E-state index is -1.33. The lowest BCUT2D eigenvalue weighted by molar-refractivity contribution is -0.145. The van der Waals surface area contributed by atoms with Crippen LogP contribution in [-0.4, -0.2) is 72.3 Å². The van der Waals surface area contributed by atoms with Crippen molar-refractivity contribution in [3.05, 3.63) is 35.4 Å². The number of carbonyl (C=O) groups is 4. The van der Waals surface area contributed by atoms with Gasteiger partial charge in [0.25, 0.3) is 0 Å². The number of nitrogens with one attached hydrogen (secondary N) is 2. The molecule has 0 aliphatic carbocycles. The molecule has 1 rings (SSSR count). The van der Waals surface area contributed by atoms with Crippen molar-refractivity contribution >= 4 is 23.9 Å². The van der Waals surface area contributed by atoms with E-state index < -0.39 is 48.2 Å². The van der Waals surface area contributed by atoms with Crippen LogP contribution in [0.5, 0.6) is 0 Å². The van der Waals surface area contributed by atoms with Crippen LogP contribution >= 0.6 is 0 Å². The van der Waals surface area contributed by atoms with Gasteiger partial charge < -0.3 is 30.1 Å². The van der Waals surface area contributed by atoms with E-state index in [1.165, 1.54) is 12.0 Å². The third-order valence-corrected chi connectivity index (χ3v) is 5.76. The van der Waals surface area contributed by atoms with Crippen LogP contribution in [0.3, 0.4) is 0 Å². The molecule has 0 aromatic heterocycles. The lowest BCUT2D eigenvalue weighted by atomic mass is 10.00. The van der Waals surface area contributed by atoms with E-state index in [1.54, 1.807) is 39.0 Å². The molecule has 0 aliphatic rings. The normalized spacial score (nSPS) is 12.7. The highest BCUT2D eigenvalue weighted by atomic mass is 16.6. The Kier molecular flexibility index (Phi) is 14.4. The van der Waals surface area contributed by atoms with E-state index in [1.807, 2.05) is 13.0 Å². The lowest BCUT2D eigenvalue weighted by Crippen LogP contribution is -2.54. The van der Waals surface area contributed by atoms with Crippen molar-refractivity contribution < 1.29 is 33.8 Å². The Balaban J connectivity index is 3.33. The zero-order valence-electron chi connectivity index (χ0n) is 23.7. The highest BCUT2D eigenvalue weighted by molar-refractivity contribution is 5.93. The molecule has 0 fully saturated rings. The highest BCUT2D eigenvalue weighted by Crippen LogP contribution is 2.24. The first-order valence-electron chi connectivity index (χ1n) is 13.2. The summed E-state index contributed by atoms with van der Waals surface area (Å²) < 4.78 is 9.89. The molecule has 2 atom stereocenters. The molecule has 1 aromatic rings. The Labute approximate surface area is 226 Å². The maximum Gasteiger partial charge on any atom is 0.408 e. The van der Waals surface area contributed by atoms with Crippen molar-refractivity contribution in [2.24, 2.45) is 0 Å². The number of nitrogens with zero attached hydrogens (tertiary/aromatic N) is 1. The predicted molar refractivity (Wildman–Crippen MR) is 144 cm³/mol.